The van der Waals surface area contributed by atoms with Crippen LogP contribution in [0.1, 0.15) is 53.0 Å². The van der Waals surface area contributed by atoms with Crippen molar-refractivity contribution in [2.75, 3.05) is 6.54 Å². The van der Waals surface area contributed by atoms with Crippen LogP contribution in [0.25, 0.3) is 10.9 Å². The minimum absolute atomic E-state index is 0.143. The van der Waals surface area contributed by atoms with Gasteiger partial charge in [-0.15, -0.1) is 0 Å². The maximum atomic E-state index is 12.6. The molecule has 0 aliphatic carbocycles. The molecule has 0 unspecified atom stereocenters. The highest BCUT2D eigenvalue weighted by molar-refractivity contribution is 6.06. The number of carbonyl (C=O) groups excluding carboxylic acids is 1. The maximum absolute atomic E-state index is 12.6. The van der Waals surface area contributed by atoms with Gasteiger partial charge in [-0.25, -0.2) is 0 Å². The Balaban J connectivity index is 1.73. The Bertz CT molecular complexity index is 915. The predicted molar refractivity (Wildman–Crippen MR) is 95.6 cm³/mol. The number of hydrogen-bond acceptors (Lipinski definition) is 5. The van der Waals surface area contributed by atoms with Gasteiger partial charge in [-0.1, -0.05) is 19.0 Å². The van der Waals surface area contributed by atoms with Gasteiger partial charge >= 0.3 is 0 Å². The predicted octanol–water partition coefficient (Wildman–Crippen LogP) is 3.33. The van der Waals surface area contributed by atoms with E-state index in [1.165, 1.54) is 0 Å². The van der Waals surface area contributed by atoms with Crippen LogP contribution in [-0.4, -0.2) is 27.6 Å². The van der Waals surface area contributed by atoms with Gasteiger partial charge in [-0.05, 0) is 43.2 Å². The molecule has 0 fully saturated rings. The molecule has 1 aromatic carbocycles. The molecule has 0 aliphatic heterocycles. The molecule has 25 heavy (non-hydrogen) atoms. The van der Waals surface area contributed by atoms with Crippen LogP contribution in [0.4, 0.5) is 0 Å². The van der Waals surface area contributed by atoms with Gasteiger partial charge in [0.15, 0.2) is 5.82 Å². The molecule has 6 heteroatoms. The molecule has 1 N–H and O–H groups in total. The first kappa shape index (κ1) is 17.1. The molecular weight excluding hydrogens is 316 g/mol. The topological polar surface area (TPSA) is 80.9 Å². The number of fused-ring (bicyclic) bond motifs is 1. The summed E-state index contributed by atoms with van der Waals surface area (Å²) in [6, 6.07) is 5.87. The molecule has 0 bridgehead atoms. The van der Waals surface area contributed by atoms with E-state index in [1.807, 2.05) is 39.8 Å². The second-order valence-electron chi connectivity index (χ2n) is 6.54. The van der Waals surface area contributed by atoms with Crippen molar-refractivity contribution in [2.45, 2.75) is 40.0 Å². The smallest absolute Gasteiger partial charge is 0.253 e. The average molecular weight is 338 g/mol. The van der Waals surface area contributed by atoms with Crippen molar-refractivity contribution in [1.29, 1.82) is 0 Å². The van der Waals surface area contributed by atoms with Crippen LogP contribution in [-0.2, 0) is 6.42 Å². The lowest BCUT2D eigenvalue weighted by molar-refractivity contribution is 0.0955. The highest BCUT2D eigenvalue weighted by Crippen LogP contribution is 2.22. The first-order valence-corrected chi connectivity index (χ1v) is 8.42. The van der Waals surface area contributed by atoms with E-state index in [9.17, 15) is 4.79 Å². The van der Waals surface area contributed by atoms with Gasteiger partial charge in [0.05, 0.1) is 11.1 Å². The molecule has 0 saturated carbocycles. The highest BCUT2D eigenvalue weighted by Gasteiger charge is 2.14. The SMILES string of the molecule is Cc1cc(C(=O)NCCc2nc(C(C)C)no2)c2nccc(C)c2c1. The highest BCUT2D eigenvalue weighted by atomic mass is 16.5. The molecule has 0 radical (unpaired) electrons. The normalized spacial score (nSPS) is 11.2. The summed E-state index contributed by atoms with van der Waals surface area (Å²) < 4.78 is 5.19. The van der Waals surface area contributed by atoms with Gasteiger partial charge in [0, 0.05) is 30.5 Å². The van der Waals surface area contributed by atoms with Crippen molar-refractivity contribution >= 4 is 16.8 Å². The van der Waals surface area contributed by atoms with Crippen molar-refractivity contribution in [1.82, 2.24) is 20.4 Å². The van der Waals surface area contributed by atoms with Crippen LogP contribution in [0.15, 0.2) is 28.9 Å². The Hall–Kier alpha value is -2.76. The average Bonchev–Trinajstić information content (AvgIpc) is 3.04. The lowest BCUT2D eigenvalue weighted by Crippen LogP contribution is -2.26. The van der Waals surface area contributed by atoms with E-state index in [0.717, 1.165) is 22.0 Å². The minimum atomic E-state index is -0.143. The minimum Gasteiger partial charge on any atom is -0.351 e. The lowest BCUT2D eigenvalue weighted by Gasteiger charge is -2.09. The molecular formula is C19H22N4O2. The zero-order chi connectivity index (χ0) is 18.0. The van der Waals surface area contributed by atoms with Crippen molar-refractivity contribution < 1.29 is 9.32 Å². The van der Waals surface area contributed by atoms with Crippen LogP contribution < -0.4 is 5.32 Å². The Morgan fingerprint density at radius 1 is 1.28 bits per heavy atom. The number of aromatic nitrogens is 3. The van der Waals surface area contributed by atoms with E-state index in [-0.39, 0.29) is 11.8 Å². The third-order valence-electron chi connectivity index (χ3n) is 4.08. The number of amides is 1. The number of aryl methyl sites for hydroxylation is 2. The zero-order valence-corrected chi connectivity index (χ0v) is 15.0. The number of benzene rings is 1. The molecule has 130 valence electrons. The van der Waals surface area contributed by atoms with Gasteiger partial charge < -0.3 is 9.84 Å². The summed E-state index contributed by atoms with van der Waals surface area (Å²) in [5.41, 5.74) is 3.46. The van der Waals surface area contributed by atoms with Gasteiger partial charge in [-0.3, -0.25) is 9.78 Å². The van der Waals surface area contributed by atoms with Crippen LogP contribution >= 0.6 is 0 Å². The van der Waals surface area contributed by atoms with E-state index in [1.54, 1.807) is 6.20 Å². The third-order valence-corrected chi connectivity index (χ3v) is 4.08. The number of pyridine rings is 1. The molecule has 1 amide bonds. The van der Waals surface area contributed by atoms with Crippen molar-refractivity contribution in [3.63, 3.8) is 0 Å². The van der Waals surface area contributed by atoms with Crippen LogP contribution in [0, 0.1) is 13.8 Å². The quantitative estimate of drug-likeness (QED) is 0.772. The standard InChI is InChI=1S/C19H22N4O2/c1-11(2)18-22-16(25-23-18)6-8-21-19(24)15-10-12(3)9-14-13(4)5-7-20-17(14)15/h5,7,9-11H,6,8H2,1-4H3,(H,21,24). The van der Waals surface area contributed by atoms with E-state index in [2.05, 4.69) is 26.5 Å². The van der Waals surface area contributed by atoms with E-state index in [0.29, 0.717) is 30.2 Å². The number of carbonyl (C=O) groups is 1. The summed E-state index contributed by atoms with van der Waals surface area (Å²) in [6.07, 6.45) is 2.23. The molecule has 6 nitrogen and oxygen atoms in total. The second kappa shape index (κ2) is 7.01. The lowest BCUT2D eigenvalue weighted by atomic mass is 10.0. The molecule has 2 heterocycles. The number of hydrogen-bond donors (Lipinski definition) is 1. The van der Waals surface area contributed by atoms with Gasteiger partial charge in [0.2, 0.25) is 5.89 Å². The maximum Gasteiger partial charge on any atom is 0.253 e. The van der Waals surface area contributed by atoms with Crippen molar-refractivity contribution in [2.24, 2.45) is 0 Å². The second-order valence-corrected chi connectivity index (χ2v) is 6.54. The van der Waals surface area contributed by atoms with Gasteiger partial charge in [-0.2, -0.15) is 4.98 Å². The summed E-state index contributed by atoms with van der Waals surface area (Å²) >= 11 is 0. The first-order chi connectivity index (χ1) is 12.0. The molecule has 3 aromatic rings. The number of nitrogens with one attached hydrogen (secondary N) is 1. The Labute approximate surface area is 146 Å². The number of nitrogens with zero attached hydrogens (tertiary/aromatic N) is 3. The first-order valence-electron chi connectivity index (χ1n) is 8.42. The summed E-state index contributed by atoms with van der Waals surface area (Å²) in [6.45, 7) is 8.45. The Morgan fingerprint density at radius 3 is 2.80 bits per heavy atom. The van der Waals surface area contributed by atoms with E-state index >= 15 is 0 Å². The molecule has 0 aliphatic rings. The fourth-order valence-corrected chi connectivity index (χ4v) is 2.69. The van der Waals surface area contributed by atoms with Crippen LogP contribution in [0.5, 0.6) is 0 Å². The largest absolute Gasteiger partial charge is 0.351 e. The van der Waals surface area contributed by atoms with Crippen molar-refractivity contribution in [3.05, 3.63) is 52.8 Å². The van der Waals surface area contributed by atoms with E-state index < -0.39 is 0 Å². The number of rotatable bonds is 5. The summed E-state index contributed by atoms with van der Waals surface area (Å²) in [5.74, 6) is 1.30. The molecule has 2 aromatic heterocycles. The zero-order valence-electron chi connectivity index (χ0n) is 15.0. The fraction of sp³-hybridized carbons (Fsp3) is 0.368. The fourth-order valence-electron chi connectivity index (χ4n) is 2.69. The van der Waals surface area contributed by atoms with E-state index in [4.69, 9.17) is 4.52 Å². The van der Waals surface area contributed by atoms with Gasteiger partial charge in [0.25, 0.3) is 5.91 Å². The monoisotopic (exact) mass is 338 g/mol. The Kier molecular flexibility index (Phi) is 4.79. The summed E-state index contributed by atoms with van der Waals surface area (Å²) in [5, 5.41) is 7.85. The Morgan fingerprint density at radius 2 is 2.08 bits per heavy atom. The van der Waals surface area contributed by atoms with Gasteiger partial charge in [0.1, 0.15) is 0 Å². The molecule has 0 saturated heterocycles. The molecule has 3 rings (SSSR count). The third kappa shape index (κ3) is 3.68. The molecule has 0 atom stereocenters. The summed E-state index contributed by atoms with van der Waals surface area (Å²) in [4.78, 5) is 21.3. The molecule has 0 spiro atoms. The summed E-state index contributed by atoms with van der Waals surface area (Å²) in [7, 11) is 0. The van der Waals surface area contributed by atoms with Crippen molar-refractivity contribution in [3.8, 4) is 0 Å². The van der Waals surface area contributed by atoms with Crippen LogP contribution in [0.2, 0.25) is 0 Å². The van der Waals surface area contributed by atoms with Crippen LogP contribution in [0.3, 0.4) is 0 Å².